The normalized spacial score (nSPS) is 15.5. The van der Waals surface area contributed by atoms with Gasteiger partial charge in [-0.05, 0) is 49.2 Å². The predicted molar refractivity (Wildman–Crippen MR) is 142 cm³/mol. The van der Waals surface area contributed by atoms with Crippen molar-refractivity contribution in [3.05, 3.63) is 109 Å². The molecular weight excluding hydrogens is 472 g/mol. The number of benzene rings is 3. The van der Waals surface area contributed by atoms with Gasteiger partial charge in [0.05, 0.1) is 35.1 Å². The summed E-state index contributed by atoms with van der Waals surface area (Å²) in [4.78, 5) is 32.3. The zero-order chi connectivity index (χ0) is 25.2. The van der Waals surface area contributed by atoms with Crippen molar-refractivity contribution in [2.24, 2.45) is 4.99 Å². The van der Waals surface area contributed by atoms with E-state index in [2.05, 4.69) is 4.99 Å². The fourth-order valence-electron chi connectivity index (χ4n) is 4.60. The van der Waals surface area contributed by atoms with E-state index < -0.39 is 12.0 Å². The van der Waals surface area contributed by atoms with E-state index in [1.54, 1.807) is 18.4 Å². The summed E-state index contributed by atoms with van der Waals surface area (Å²) in [6, 6.07) is 20.9. The van der Waals surface area contributed by atoms with Crippen LogP contribution in [-0.4, -0.2) is 23.8 Å². The Balaban J connectivity index is 1.79. The van der Waals surface area contributed by atoms with Crippen molar-refractivity contribution in [3.8, 4) is 5.75 Å². The van der Waals surface area contributed by atoms with E-state index in [1.165, 1.54) is 11.3 Å². The number of allylic oxidation sites excluding steroid dienone is 1. The van der Waals surface area contributed by atoms with E-state index in [0.717, 1.165) is 21.9 Å². The van der Waals surface area contributed by atoms with Crippen LogP contribution in [0.5, 0.6) is 5.75 Å². The number of thiazole rings is 1. The first-order valence-corrected chi connectivity index (χ1v) is 12.7. The summed E-state index contributed by atoms with van der Waals surface area (Å²) in [5.74, 6) is 0.243. The summed E-state index contributed by atoms with van der Waals surface area (Å²) < 4.78 is 13.3. The van der Waals surface area contributed by atoms with Crippen LogP contribution in [0.25, 0.3) is 16.8 Å². The van der Waals surface area contributed by atoms with Gasteiger partial charge < -0.3 is 9.47 Å². The summed E-state index contributed by atoms with van der Waals surface area (Å²) in [5, 5.41) is 2.00. The molecule has 0 radical (unpaired) electrons. The van der Waals surface area contributed by atoms with Crippen molar-refractivity contribution in [1.29, 1.82) is 0 Å². The van der Waals surface area contributed by atoms with Crippen LogP contribution in [0.4, 0.5) is 0 Å². The fourth-order valence-corrected chi connectivity index (χ4v) is 5.64. The van der Waals surface area contributed by atoms with Gasteiger partial charge in [-0.3, -0.25) is 9.36 Å². The molecule has 6 nitrogen and oxygen atoms in total. The van der Waals surface area contributed by atoms with Crippen molar-refractivity contribution >= 4 is 34.2 Å². The number of hydrogen-bond donors (Lipinski definition) is 0. The second-order valence-electron chi connectivity index (χ2n) is 8.34. The lowest BCUT2D eigenvalue weighted by Crippen LogP contribution is -2.40. The van der Waals surface area contributed by atoms with Crippen molar-refractivity contribution in [1.82, 2.24) is 4.57 Å². The average molecular weight is 499 g/mol. The molecule has 0 fully saturated rings. The van der Waals surface area contributed by atoms with Gasteiger partial charge in [0.25, 0.3) is 5.56 Å². The number of hydrogen-bond acceptors (Lipinski definition) is 6. The number of carbonyl (C=O) groups excluding carboxylic acids is 1. The SMILES string of the molecule is CCOC(=O)C1=C(C)N=c2s/c(=C/c3ccccc3OCC)c(=O)n2[C@H]1c1cccc2ccccc12. The summed E-state index contributed by atoms with van der Waals surface area (Å²) in [5.41, 5.74) is 2.38. The number of rotatable bonds is 6. The predicted octanol–water partition coefficient (Wildman–Crippen LogP) is 4.35. The third-order valence-corrected chi connectivity index (χ3v) is 7.12. The van der Waals surface area contributed by atoms with E-state index >= 15 is 0 Å². The second kappa shape index (κ2) is 9.95. The maximum atomic E-state index is 13.9. The van der Waals surface area contributed by atoms with Gasteiger partial charge in [-0.25, -0.2) is 9.79 Å². The Morgan fingerprint density at radius 1 is 1.03 bits per heavy atom. The van der Waals surface area contributed by atoms with E-state index in [1.807, 2.05) is 79.7 Å². The molecule has 182 valence electrons. The van der Waals surface area contributed by atoms with Crippen LogP contribution in [-0.2, 0) is 9.53 Å². The molecule has 2 heterocycles. The Morgan fingerprint density at radius 2 is 1.78 bits per heavy atom. The quantitative estimate of drug-likeness (QED) is 0.371. The first kappa shape index (κ1) is 23.8. The molecule has 7 heteroatoms. The third-order valence-electron chi connectivity index (χ3n) is 6.14. The van der Waals surface area contributed by atoms with Gasteiger partial charge in [0.1, 0.15) is 5.75 Å². The highest BCUT2D eigenvalue weighted by Crippen LogP contribution is 2.34. The monoisotopic (exact) mass is 498 g/mol. The molecular formula is C29H26N2O4S. The number of ether oxygens (including phenoxy) is 2. The van der Waals surface area contributed by atoms with Crippen LogP contribution in [0, 0.1) is 0 Å². The number of carbonyl (C=O) groups is 1. The minimum atomic E-state index is -0.657. The van der Waals surface area contributed by atoms with Gasteiger partial charge in [-0.1, -0.05) is 72.0 Å². The molecule has 1 atom stereocenters. The molecule has 0 unspecified atom stereocenters. The molecule has 36 heavy (non-hydrogen) atoms. The number of fused-ring (bicyclic) bond motifs is 2. The minimum absolute atomic E-state index is 0.211. The lowest BCUT2D eigenvalue weighted by atomic mass is 9.91. The van der Waals surface area contributed by atoms with Crippen molar-refractivity contribution in [2.45, 2.75) is 26.8 Å². The minimum Gasteiger partial charge on any atom is -0.493 e. The van der Waals surface area contributed by atoms with E-state index in [4.69, 9.17) is 9.47 Å². The summed E-state index contributed by atoms with van der Waals surface area (Å²) >= 11 is 1.30. The first-order valence-electron chi connectivity index (χ1n) is 11.9. The Labute approximate surface area is 212 Å². The van der Waals surface area contributed by atoms with Gasteiger partial charge in [-0.2, -0.15) is 0 Å². The molecule has 5 rings (SSSR count). The van der Waals surface area contributed by atoms with E-state index in [9.17, 15) is 9.59 Å². The van der Waals surface area contributed by atoms with Gasteiger partial charge in [0.15, 0.2) is 4.80 Å². The average Bonchev–Trinajstić information content (AvgIpc) is 3.18. The molecule has 0 amide bonds. The van der Waals surface area contributed by atoms with Gasteiger partial charge in [0.2, 0.25) is 0 Å². The van der Waals surface area contributed by atoms with Crippen molar-refractivity contribution in [2.75, 3.05) is 13.2 Å². The standard InChI is InChI=1S/C29H26N2O4S/c1-4-34-23-16-9-7-12-20(23)17-24-27(32)31-26(22-15-10-13-19-11-6-8-14-21(19)22)25(28(33)35-5-2)18(3)30-29(31)36-24/h6-17,26H,4-5H2,1-3H3/b24-17+/t26-/m0/s1. The van der Waals surface area contributed by atoms with Crippen molar-refractivity contribution < 1.29 is 14.3 Å². The Hall–Kier alpha value is -3.97. The largest absolute Gasteiger partial charge is 0.493 e. The Bertz CT molecular complexity index is 1670. The topological polar surface area (TPSA) is 69.9 Å². The molecule has 0 N–H and O–H groups in total. The van der Waals surface area contributed by atoms with Crippen LogP contribution in [0.1, 0.15) is 37.9 Å². The molecule has 3 aromatic carbocycles. The van der Waals surface area contributed by atoms with Crippen LogP contribution in [0.15, 0.2) is 87.8 Å². The molecule has 1 aliphatic heterocycles. The number of para-hydroxylation sites is 1. The van der Waals surface area contributed by atoms with E-state index in [0.29, 0.717) is 33.0 Å². The molecule has 0 saturated carbocycles. The lowest BCUT2D eigenvalue weighted by Gasteiger charge is -2.25. The van der Waals surface area contributed by atoms with Crippen LogP contribution in [0.2, 0.25) is 0 Å². The molecule has 0 saturated heterocycles. The fraction of sp³-hybridized carbons (Fsp3) is 0.207. The smallest absolute Gasteiger partial charge is 0.338 e. The van der Waals surface area contributed by atoms with Gasteiger partial charge in [0, 0.05) is 5.56 Å². The lowest BCUT2D eigenvalue weighted by molar-refractivity contribution is -0.139. The van der Waals surface area contributed by atoms with Crippen LogP contribution in [0.3, 0.4) is 0 Å². The molecule has 1 aliphatic rings. The molecule has 4 aromatic rings. The third kappa shape index (κ3) is 4.16. The highest BCUT2D eigenvalue weighted by Gasteiger charge is 2.34. The highest BCUT2D eigenvalue weighted by molar-refractivity contribution is 7.07. The maximum Gasteiger partial charge on any atom is 0.338 e. The number of nitrogens with zero attached hydrogens (tertiary/aromatic N) is 2. The van der Waals surface area contributed by atoms with E-state index in [-0.39, 0.29) is 12.2 Å². The van der Waals surface area contributed by atoms with Crippen LogP contribution < -0.4 is 19.6 Å². The Kier molecular flexibility index (Phi) is 6.57. The molecule has 0 aliphatic carbocycles. The van der Waals surface area contributed by atoms with Gasteiger partial charge >= 0.3 is 5.97 Å². The molecule has 0 spiro atoms. The Morgan fingerprint density at radius 3 is 2.58 bits per heavy atom. The maximum absolute atomic E-state index is 13.9. The number of aromatic nitrogens is 1. The van der Waals surface area contributed by atoms with Gasteiger partial charge in [-0.15, -0.1) is 0 Å². The first-order chi connectivity index (χ1) is 17.5. The van der Waals surface area contributed by atoms with Crippen molar-refractivity contribution in [3.63, 3.8) is 0 Å². The number of esters is 1. The zero-order valence-corrected chi connectivity index (χ0v) is 21.2. The second-order valence-corrected chi connectivity index (χ2v) is 9.35. The summed E-state index contributed by atoms with van der Waals surface area (Å²) in [6.07, 6.45) is 1.83. The summed E-state index contributed by atoms with van der Waals surface area (Å²) in [6.45, 7) is 6.25. The molecule has 0 bridgehead atoms. The highest BCUT2D eigenvalue weighted by atomic mass is 32.1. The zero-order valence-electron chi connectivity index (χ0n) is 20.4. The van der Waals surface area contributed by atoms with Crippen LogP contribution >= 0.6 is 11.3 Å². The summed E-state index contributed by atoms with van der Waals surface area (Å²) in [7, 11) is 0. The molecule has 1 aromatic heterocycles.